The van der Waals surface area contributed by atoms with Gasteiger partial charge in [-0.2, -0.15) is 0 Å². The Morgan fingerprint density at radius 3 is 2.62 bits per heavy atom. The van der Waals surface area contributed by atoms with Gasteiger partial charge in [0.05, 0.1) is 20.3 Å². The van der Waals surface area contributed by atoms with Crippen LogP contribution in [-0.4, -0.2) is 32.8 Å². The van der Waals surface area contributed by atoms with Crippen molar-refractivity contribution in [2.75, 3.05) is 26.9 Å². The molecule has 0 aliphatic heterocycles. The molecule has 0 atom stereocenters. The molecule has 1 N–H and O–H groups in total. The fourth-order valence-corrected chi connectivity index (χ4v) is 2.35. The van der Waals surface area contributed by atoms with Gasteiger partial charge in [0.2, 0.25) is 5.91 Å². The van der Waals surface area contributed by atoms with Crippen molar-refractivity contribution >= 4 is 12.0 Å². The molecule has 5 nitrogen and oxygen atoms in total. The molecular weight excluding hydrogens is 330 g/mol. The topological polar surface area (TPSA) is 56.8 Å². The highest BCUT2D eigenvalue weighted by Crippen LogP contribution is 2.28. The third kappa shape index (κ3) is 5.84. The molecule has 0 saturated carbocycles. The molecule has 2 aromatic carbocycles. The van der Waals surface area contributed by atoms with Crippen molar-refractivity contribution in [3.63, 3.8) is 0 Å². The van der Waals surface area contributed by atoms with E-state index >= 15 is 0 Å². The zero-order valence-electron chi connectivity index (χ0n) is 15.5. The van der Waals surface area contributed by atoms with E-state index in [4.69, 9.17) is 14.2 Å². The SMILES string of the molecule is CCOc1ccc(/C=C/C(=O)NCCOc2ccccc2C)cc1OC. The summed E-state index contributed by atoms with van der Waals surface area (Å²) in [6, 6.07) is 13.3. The molecule has 26 heavy (non-hydrogen) atoms. The number of aryl methyl sites for hydroxylation is 1. The van der Waals surface area contributed by atoms with Gasteiger partial charge in [0.1, 0.15) is 12.4 Å². The van der Waals surface area contributed by atoms with Crippen LogP contribution in [0, 0.1) is 6.92 Å². The minimum absolute atomic E-state index is 0.175. The minimum Gasteiger partial charge on any atom is -0.493 e. The molecule has 2 rings (SSSR count). The molecule has 0 bridgehead atoms. The molecular formula is C21H25NO4. The number of amides is 1. The third-order valence-corrected chi connectivity index (χ3v) is 3.67. The van der Waals surface area contributed by atoms with Crippen LogP contribution in [0.5, 0.6) is 17.2 Å². The van der Waals surface area contributed by atoms with Crippen LogP contribution >= 0.6 is 0 Å². The van der Waals surface area contributed by atoms with E-state index in [0.717, 1.165) is 16.9 Å². The largest absolute Gasteiger partial charge is 0.493 e. The Morgan fingerprint density at radius 1 is 1.08 bits per heavy atom. The number of nitrogens with one attached hydrogen (secondary N) is 1. The van der Waals surface area contributed by atoms with Crippen molar-refractivity contribution in [3.05, 3.63) is 59.7 Å². The number of benzene rings is 2. The molecule has 0 heterocycles. The minimum atomic E-state index is -0.175. The lowest BCUT2D eigenvalue weighted by molar-refractivity contribution is -0.116. The van der Waals surface area contributed by atoms with Crippen LogP contribution in [0.25, 0.3) is 6.08 Å². The third-order valence-electron chi connectivity index (χ3n) is 3.67. The normalized spacial score (nSPS) is 10.6. The molecule has 2 aromatic rings. The fraction of sp³-hybridized carbons (Fsp3) is 0.286. The number of methoxy groups -OCH3 is 1. The Balaban J connectivity index is 1.81. The Hall–Kier alpha value is -2.95. The van der Waals surface area contributed by atoms with E-state index in [0.29, 0.717) is 31.3 Å². The molecule has 0 aliphatic carbocycles. The number of carbonyl (C=O) groups excluding carboxylic acids is 1. The van der Waals surface area contributed by atoms with Crippen molar-refractivity contribution < 1.29 is 19.0 Å². The first-order valence-corrected chi connectivity index (χ1v) is 8.59. The summed E-state index contributed by atoms with van der Waals surface area (Å²) in [6.45, 7) is 5.33. The summed E-state index contributed by atoms with van der Waals surface area (Å²) in [5, 5.41) is 2.80. The standard InChI is InChI=1S/C21H25NO4/c1-4-25-19-11-9-17(15-20(19)24-3)10-12-21(23)22-13-14-26-18-8-6-5-7-16(18)2/h5-12,15H,4,13-14H2,1-3H3,(H,22,23)/b12-10+. The zero-order chi connectivity index (χ0) is 18.8. The average molecular weight is 355 g/mol. The van der Waals surface area contributed by atoms with E-state index in [1.54, 1.807) is 13.2 Å². The maximum absolute atomic E-state index is 11.9. The van der Waals surface area contributed by atoms with Gasteiger partial charge in [-0.15, -0.1) is 0 Å². The second kappa shape index (κ2) is 10.1. The fourth-order valence-electron chi connectivity index (χ4n) is 2.35. The van der Waals surface area contributed by atoms with Gasteiger partial charge in [-0.3, -0.25) is 4.79 Å². The van der Waals surface area contributed by atoms with Crippen LogP contribution in [0.1, 0.15) is 18.1 Å². The van der Waals surface area contributed by atoms with Crippen LogP contribution in [0.4, 0.5) is 0 Å². The molecule has 0 fully saturated rings. The monoisotopic (exact) mass is 355 g/mol. The van der Waals surface area contributed by atoms with Crippen LogP contribution in [-0.2, 0) is 4.79 Å². The molecule has 0 saturated heterocycles. The lowest BCUT2D eigenvalue weighted by Gasteiger charge is -2.09. The lowest BCUT2D eigenvalue weighted by Crippen LogP contribution is -2.26. The van der Waals surface area contributed by atoms with E-state index in [9.17, 15) is 4.79 Å². The van der Waals surface area contributed by atoms with Crippen LogP contribution < -0.4 is 19.5 Å². The van der Waals surface area contributed by atoms with Gasteiger partial charge >= 0.3 is 0 Å². The quantitative estimate of drug-likeness (QED) is 0.551. The van der Waals surface area contributed by atoms with Gasteiger partial charge in [-0.1, -0.05) is 24.3 Å². The smallest absolute Gasteiger partial charge is 0.244 e. The van der Waals surface area contributed by atoms with Crippen molar-refractivity contribution in [2.24, 2.45) is 0 Å². The van der Waals surface area contributed by atoms with Gasteiger partial charge in [0.25, 0.3) is 0 Å². The second-order valence-electron chi connectivity index (χ2n) is 5.58. The summed E-state index contributed by atoms with van der Waals surface area (Å²) in [7, 11) is 1.59. The summed E-state index contributed by atoms with van der Waals surface area (Å²) in [4.78, 5) is 11.9. The summed E-state index contributed by atoms with van der Waals surface area (Å²) < 4.78 is 16.4. The van der Waals surface area contributed by atoms with Gasteiger partial charge < -0.3 is 19.5 Å². The molecule has 1 amide bonds. The Morgan fingerprint density at radius 2 is 1.88 bits per heavy atom. The molecule has 0 radical (unpaired) electrons. The zero-order valence-corrected chi connectivity index (χ0v) is 15.5. The van der Waals surface area contributed by atoms with Crippen LogP contribution in [0.15, 0.2) is 48.5 Å². The summed E-state index contributed by atoms with van der Waals surface area (Å²) in [5.74, 6) is 1.98. The highest BCUT2D eigenvalue weighted by Gasteiger charge is 2.04. The van der Waals surface area contributed by atoms with Crippen molar-refractivity contribution in [1.29, 1.82) is 0 Å². The van der Waals surface area contributed by atoms with Crippen LogP contribution in [0.3, 0.4) is 0 Å². The first-order chi connectivity index (χ1) is 12.6. The number of hydrogen-bond donors (Lipinski definition) is 1. The number of carbonyl (C=O) groups is 1. The Bertz CT molecular complexity index is 755. The van der Waals surface area contributed by atoms with Crippen molar-refractivity contribution in [2.45, 2.75) is 13.8 Å². The van der Waals surface area contributed by atoms with Crippen molar-refractivity contribution in [1.82, 2.24) is 5.32 Å². The van der Waals surface area contributed by atoms with E-state index < -0.39 is 0 Å². The average Bonchev–Trinajstić information content (AvgIpc) is 2.66. The van der Waals surface area contributed by atoms with Crippen molar-refractivity contribution in [3.8, 4) is 17.2 Å². The molecule has 138 valence electrons. The van der Waals surface area contributed by atoms with Crippen LogP contribution in [0.2, 0.25) is 0 Å². The van der Waals surface area contributed by atoms with E-state index in [2.05, 4.69) is 5.32 Å². The first kappa shape index (κ1) is 19.4. The van der Waals surface area contributed by atoms with E-state index in [1.807, 2.05) is 56.3 Å². The second-order valence-corrected chi connectivity index (χ2v) is 5.58. The Labute approximate surface area is 154 Å². The first-order valence-electron chi connectivity index (χ1n) is 8.59. The highest BCUT2D eigenvalue weighted by molar-refractivity contribution is 5.91. The van der Waals surface area contributed by atoms with E-state index in [-0.39, 0.29) is 5.91 Å². The predicted molar refractivity (Wildman–Crippen MR) is 103 cm³/mol. The molecule has 5 heteroatoms. The number of rotatable bonds is 9. The molecule has 0 unspecified atom stereocenters. The van der Waals surface area contributed by atoms with Gasteiger partial charge in [-0.05, 0) is 49.2 Å². The summed E-state index contributed by atoms with van der Waals surface area (Å²) in [5.41, 5.74) is 1.93. The molecule has 0 spiro atoms. The van der Waals surface area contributed by atoms with Gasteiger partial charge in [-0.25, -0.2) is 0 Å². The van der Waals surface area contributed by atoms with Gasteiger partial charge in [0.15, 0.2) is 11.5 Å². The lowest BCUT2D eigenvalue weighted by atomic mass is 10.2. The number of ether oxygens (including phenoxy) is 3. The summed E-state index contributed by atoms with van der Waals surface area (Å²) >= 11 is 0. The maximum Gasteiger partial charge on any atom is 0.244 e. The number of para-hydroxylation sites is 1. The molecule has 0 aromatic heterocycles. The number of hydrogen-bond acceptors (Lipinski definition) is 4. The maximum atomic E-state index is 11.9. The van der Waals surface area contributed by atoms with Gasteiger partial charge in [0, 0.05) is 6.08 Å². The Kier molecular flexibility index (Phi) is 7.55. The summed E-state index contributed by atoms with van der Waals surface area (Å²) in [6.07, 6.45) is 3.22. The van der Waals surface area contributed by atoms with E-state index in [1.165, 1.54) is 6.08 Å². The predicted octanol–water partition coefficient (Wildman–Crippen LogP) is 3.61. The molecule has 0 aliphatic rings. The highest BCUT2D eigenvalue weighted by atomic mass is 16.5.